The van der Waals surface area contributed by atoms with Gasteiger partial charge in [-0.3, -0.25) is 24.7 Å². The number of unbranched alkanes of at least 4 members (excludes halogenated alkanes) is 9. The minimum Gasteiger partial charge on any atom is -0.507 e. The predicted molar refractivity (Wildman–Crippen MR) is 246 cm³/mol. The fourth-order valence-electron chi connectivity index (χ4n) is 8.79. The first kappa shape index (κ1) is 52.7. The molecule has 0 aliphatic carbocycles. The largest absolute Gasteiger partial charge is 0.507 e. The topological polar surface area (TPSA) is 225 Å². The molecule has 15 heteroatoms. The van der Waals surface area contributed by atoms with Gasteiger partial charge in [-0.2, -0.15) is 0 Å². The zero-order valence-corrected chi connectivity index (χ0v) is 39.8. The second-order valence-corrected chi connectivity index (χ2v) is 18.0. The zero-order chi connectivity index (χ0) is 48.3. The van der Waals surface area contributed by atoms with Gasteiger partial charge in [0.05, 0.1) is 40.7 Å². The Balaban J connectivity index is 1.89. The maximum atomic E-state index is 14.5. The Bertz CT molecular complexity index is 2240. The lowest BCUT2D eigenvalue weighted by atomic mass is 9.78. The number of esters is 1. The van der Waals surface area contributed by atoms with Crippen molar-refractivity contribution in [2.45, 2.75) is 157 Å². The molecule has 0 spiro atoms. The van der Waals surface area contributed by atoms with Crippen LogP contribution in [0.15, 0.2) is 41.1 Å². The quantitative estimate of drug-likeness (QED) is 0.0473. The SMILES string of the molecule is CCCCCCCCCCCCN(O)/C=c1\c(O)c2c3c4c(C)c(O)c2c(O)c1=NC(=O)/C(C)=C\C=C/C(C)C(O)C(C)C(O)C(C)C(OC(C)=O)C(C)C(OC)/C=C\OC(C)(O4)C3=O. The normalized spacial score (nSPS) is 28.6. The molecule has 0 saturated heterocycles. The van der Waals surface area contributed by atoms with Gasteiger partial charge in [-0.05, 0) is 26.3 Å². The van der Waals surface area contributed by atoms with Gasteiger partial charge in [0.15, 0.2) is 5.75 Å². The fourth-order valence-corrected chi connectivity index (χ4v) is 8.79. The van der Waals surface area contributed by atoms with E-state index < -0.39 is 94.1 Å². The molecule has 6 N–H and O–H groups in total. The van der Waals surface area contributed by atoms with Crippen LogP contribution in [0.25, 0.3) is 17.0 Å². The summed E-state index contributed by atoms with van der Waals surface area (Å²) in [6, 6.07) is 0. The molecule has 5 rings (SSSR count). The number of aliphatic hydroxyl groups excluding tert-OH is 2. The lowest BCUT2D eigenvalue weighted by molar-refractivity contribution is -0.160. The molecule has 0 saturated carbocycles. The van der Waals surface area contributed by atoms with Crippen LogP contribution < -0.4 is 15.3 Å². The van der Waals surface area contributed by atoms with Crippen LogP contribution in [-0.2, 0) is 23.8 Å². The number of phenolic OH excluding ortho intramolecular Hbond substituents is 3. The molecule has 360 valence electrons. The molecule has 0 fully saturated rings. The van der Waals surface area contributed by atoms with E-state index >= 15 is 0 Å². The standard InChI is InChI=1S/C50H72N2O13/c1-11-12-13-14-15-16-17-18-19-20-25-52(61)27-35-40-45(58)38-37(44(35)57)39-47(33(7)43(38)56)65-50(9,48(39)59)63-26-24-36(62-10)30(4)46(64-34(8)53)32(6)42(55)31(5)41(54)28(2)22-21-23-29(3)49(60)51-40/h21-24,26-28,30-32,36,41-42,46,54-58,61H,11-20,25H2,1-10H3/b22-21-,26-24-,29-23-,35-27-,51-40?. The van der Waals surface area contributed by atoms with Crippen molar-refractivity contribution in [3.05, 3.63) is 57.8 Å². The average molecular weight is 909 g/mol. The Kier molecular flexibility index (Phi) is 19.0. The summed E-state index contributed by atoms with van der Waals surface area (Å²) in [6.45, 7) is 14.7. The van der Waals surface area contributed by atoms with Crippen molar-refractivity contribution in [2.24, 2.45) is 28.7 Å². The van der Waals surface area contributed by atoms with Crippen molar-refractivity contribution in [3.8, 4) is 23.0 Å². The monoisotopic (exact) mass is 909 g/mol. The van der Waals surface area contributed by atoms with Crippen molar-refractivity contribution in [2.75, 3.05) is 13.7 Å². The van der Waals surface area contributed by atoms with Gasteiger partial charge in [0.1, 0.15) is 28.7 Å². The molecular formula is C50H72N2O13. The van der Waals surface area contributed by atoms with E-state index in [1.165, 1.54) is 85.3 Å². The number of Topliss-reactive ketones (excluding diaryl/α,β-unsaturated/α-hetero) is 1. The zero-order valence-electron chi connectivity index (χ0n) is 39.8. The molecule has 3 aliphatic rings. The number of aliphatic hydroxyl groups is 2. The van der Waals surface area contributed by atoms with E-state index in [1.807, 2.05) is 0 Å². The number of fused-ring (bicyclic) bond motifs is 14. The molecule has 3 heterocycles. The van der Waals surface area contributed by atoms with E-state index in [1.54, 1.807) is 39.8 Å². The van der Waals surface area contributed by atoms with Crippen molar-refractivity contribution >= 4 is 34.6 Å². The minimum absolute atomic E-state index is 0.0167. The number of nitrogens with zero attached hydrogens (tertiary/aromatic N) is 2. The summed E-state index contributed by atoms with van der Waals surface area (Å²) >= 11 is 0. The summed E-state index contributed by atoms with van der Waals surface area (Å²) in [5.74, 6) is -9.00. The van der Waals surface area contributed by atoms with Crippen molar-refractivity contribution in [3.63, 3.8) is 0 Å². The number of ketones is 1. The Morgan fingerprint density at radius 1 is 0.862 bits per heavy atom. The van der Waals surface area contributed by atoms with Gasteiger partial charge in [-0.25, -0.2) is 4.99 Å². The smallest absolute Gasteiger partial charge is 0.312 e. The lowest BCUT2D eigenvalue weighted by Crippen LogP contribution is -2.46. The number of methoxy groups -OCH3 is 1. The molecule has 9 unspecified atom stereocenters. The molecule has 2 aromatic carbocycles. The number of aromatic hydroxyl groups is 3. The van der Waals surface area contributed by atoms with E-state index in [9.17, 15) is 45.1 Å². The molecule has 2 aromatic rings. The maximum Gasteiger partial charge on any atom is 0.312 e. The number of rotatable bonds is 14. The van der Waals surface area contributed by atoms with Gasteiger partial charge in [0.2, 0.25) is 0 Å². The van der Waals surface area contributed by atoms with E-state index in [-0.39, 0.29) is 45.0 Å². The van der Waals surface area contributed by atoms with Crippen LogP contribution in [0.3, 0.4) is 0 Å². The summed E-state index contributed by atoms with van der Waals surface area (Å²) in [7, 11) is 1.43. The summed E-state index contributed by atoms with van der Waals surface area (Å²) < 4.78 is 23.6. The molecular weight excluding hydrogens is 837 g/mol. The first-order valence-corrected chi connectivity index (χ1v) is 23.0. The number of hydrogen-bond acceptors (Lipinski definition) is 14. The van der Waals surface area contributed by atoms with Gasteiger partial charge >= 0.3 is 11.8 Å². The van der Waals surface area contributed by atoms with Gasteiger partial charge in [0, 0.05) is 73.9 Å². The second kappa shape index (κ2) is 23.5. The van der Waals surface area contributed by atoms with Crippen LogP contribution in [0.2, 0.25) is 0 Å². The Labute approximate surface area is 382 Å². The van der Waals surface area contributed by atoms with Gasteiger partial charge in [-0.15, -0.1) is 0 Å². The number of amides is 1. The van der Waals surface area contributed by atoms with Crippen LogP contribution in [0, 0.1) is 30.6 Å². The van der Waals surface area contributed by atoms with Gasteiger partial charge in [-0.1, -0.05) is 111 Å². The molecule has 0 radical (unpaired) electrons. The molecule has 9 atom stereocenters. The van der Waals surface area contributed by atoms with Crippen LogP contribution in [0.1, 0.15) is 136 Å². The van der Waals surface area contributed by atoms with Gasteiger partial charge in [0.25, 0.3) is 11.7 Å². The number of phenols is 3. The van der Waals surface area contributed by atoms with Crippen LogP contribution in [0.5, 0.6) is 23.0 Å². The lowest BCUT2D eigenvalue weighted by Gasteiger charge is -2.38. The number of hydrogen-bond donors (Lipinski definition) is 6. The summed E-state index contributed by atoms with van der Waals surface area (Å²) in [4.78, 5) is 44.8. The van der Waals surface area contributed by atoms with Crippen LogP contribution >= 0.6 is 0 Å². The molecule has 15 nitrogen and oxygen atoms in total. The van der Waals surface area contributed by atoms with Crippen LogP contribution in [-0.4, -0.2) is 97.3 Å². The van der Waals surface area contributed by atoms with E-state index in [4.69, 9.17) is 18.9 Å². The molecule has 3 aliphatic heterocycles. The van der Waals surface area contributed by atoms with Crippen LogP contribution in [0.4, 0.5) is 0 Å². The molecule has 5 bridgehead atoms. The van der Waals surface area contributed by atoms with E-state index in [2.05, 4.69) is 11.9 Å². The number of carbonyl (C=O) groups excluding carboxylic acids is 3. The Morgan fingerprint density at radius 2 is 1.48 bits per heavy atom. The van der Waals surface area contributed by atoms with E-state index in [0.717, 1.165) is 36.9 Å². The first-order chi connectivity index (χ1) is 30.7. The first-order valence-electron chi connectivity index (χ1n) is 23.0. The number of carbonyl (C=O) groups is 3. The highest BCUT2D eigenvalue weighted by atomic mass is 16.7. The number of hydroxylamine groups is 2. The number of allylic oxidation sites excluding steroid dienone is 2. The number of ether oxygens (including phenoxy) is 4. The average Bonchev–Trinajstić information content (AvgIpc) is 3.53. The summed E-state index contributed by atoms with van der Waals surface area (Å²) in [5, 5.41) is 69.1. The third-order valence-electron chi connectivity index (χ3n) is 13.0. The van der Waals surface area contributed by atoms with Gasteiger partial charge < -0.3 is 44.5 Å². The van der Waals surface area contributed by atoms with Crippen molar-refractivity contribution in [1.29, 1.82) is 0 Å². The predicted octanol–water partition coefficient (Wildman–Crippen LogP) is 7.31. The minimum atomic E-state index is -2.08. The molecule has 65 heavy (non-hydrogen) atoms. The fraction of sp³-hybridized carbons (Fsp3) is 0.600. The maximum absolute atomic E-state index is 14.5. The Hall–Kier alpha value is -4.96. The molecule has 0 aromatic heterocycles. The van der Waals surface area contributed by atoms with E-state index in [0.29, 0.717) is 6.42 Å². The van der Waals surface area contributed by atoms with Crippen molar-refractivity contribution < 1.29 is 64.1 Å². The third-order valence-corrected chi connectivity index (χ3v) is 13.0. The summed E-state index contributed by atoms with van der Waals surface area (Å²) in [6.07, 6.45) is 15.2. The third kappa shape index (κ3) is 12.3. The highest BCUT2D eigenvalue weighted by Gasteiger charge is 2.49. The highest BCUT2D eigenvalue weighted by molar-refractivity contribution is 6.20. The Morgan fingerprint density at radius 3 is 2.08 bits per heavy atom. The molecule has 1 amide bonds. The highest BCUT2D eigenvalue weighted by Crippen LogP contribution is 2.50. The summed E-state index contributed by atoms with van der Waals surface area (Å²) in [5.41, 5.74) is -0.135. The number of benzene rings is 2. The second-order valence-electron chi connectivity index (χ2n) is 18.0. The van der Waals surface area contributed by atoms with Crippen molar-refractivity contribution in [1.82, 2.24) is 5.06 Å².